The van der Waals surface area contributed by atoms with Gasteiger partial charge in [0, 0.05) is 10.8 Å². The van der Waals surface area contributed by atoms with Gasteiger partial charge in [-0.25, -0.2) is 0 Å². The van der Waals surface area contributed by atoms with Crippen LogP contribution in [0.1, 0.15) is 5.56 Å². The fourth-order valence-corrected chi connectivity index (χ4v) is 1.99. The van der Waals surface area contributed by atoms with Gasteiger partial charge in [0.05, 0.1) is 5.75 Å². The number of nitrogens with zero attached hydrogens (tertiary/aromatic N) is 1. The fourth-order valence-electron chi connectivity index (χ4n) is 1.36. The highest BCUT2D eigenvalue weighted by molar-refractivity contribution is 7.99. The van der Waals surface area contributed by atoms with E-state index in [9.17, 15) is 9.59 Å². The van der Waals surface area contributed by atoms with Crippen molar-refractivity contribution in [2.45, 2.75) is 12.1 Å². The molecule has 0 aliphatic heterocycles. The Kier molecular flexibility index (Phi) is 4.30. The highest BCUT2D eigenvalue weighted by Gasteiger charge is 2.07. The fraction of sp³-hybridized carbons (Fsp3) is 0.167. The normalized spacial score (nSPS) is 10.2. The van der Waals surface area contributed by atoms with Gasteiger partial charge in [0.25, 0.3) is 6.20 Å². The van der Waals surface area contributed by atoms with E-state index >= 15 is 0 Å². The molecule has 2 rings (SSSR count). The predicted octanol–water partition coefficient (Wildman–Crippen LogP) is 0.623. The van der Waals surface area contributed by atoms with Crippen molar-refractivity contribution in [3.05, 3.63) is 46.4 Å². The number of rotatable bonds is 4. The number of carbonyl (C=O) groups excluding carboxylic acids is 1. The average Bonchev–Trinajstić information content (AvgIpc) is 2.39. The number of amides is 1. The Morgan fingerprint density at radius 1 is 1.42 bits per heavy atom. The van der Waals surface area contributed by atoms with Gasteiger partial charge in [0.2, 0.25) is 11.1 Å². The first-order valence-corrected chi connectivity index (χ1v) is 6.59. The second kappa shape index (κ2) is 6.14. The molecule has 0 atom stereocenters. The molecule has 3 N–H and O–H groups in total. The van der Waals surface area contributed by atoms with Crippen LogP contribution in [0.3, 0.4) is 0 Å². The summed E-state index contributed by atoms with van der Waals surface area (Å²) in [7, 11) is 0. The molecule has 0 saturated carbocycles. The third-order valence-corrected chi connectivity index (χ3v) is 3.14. The first kappa shape index (κ1) is 13.3. The zero-order chi connectivity index (χ0) is 13.7. The van der Waals surface area contributed by atoms with Crippen LogP contribution in [0.5, 0.6) is 0 Å². The third kappa shape index (κ3) is 4.22. The maximum Gasteiger partial charge on any atom is 0.316 e. The molecular formula is C12H13N4O2S+. The molecule has 7 heteroatoms. The number of H-pyrrole nitrogens is 2. The summed E-state index contributed by atoms with van der Waals surface area (Å²) in [6.45, 7) is 1.98. The minimum absolute atomic E-state index is 0.152. The Balaban J connectivity index is 1.88. The Hall–Kier alpha value is -2.15. The number of aromatic nitrogens is 3. The molecule has 1 amide bonds. The van der Waals surface area contributed by atoms with E-state index in [1.807, 2.05) is 31.2 Å². The van der Waals surface area contributed by atoms with Gasteiger partial charge >= 0.3 is 5.56 Å². The summed E-state index contributed by atoms with van der Waals surface area (Å²) in [4.78, 5) is 25.2. The molecule has 1 heterocycles. The summed E-state index contributed by atoms with van der Waals surface area (Å²) >= 11 is 1.16. The second-order valence-electron chi connectivity index (χ2n) is 3.88. The third-order valence-electron chi connectivity index (χ3n) is 2.27. The van der Waals surface area contributed by atoms with Crippen molar-refractivity contribution in [3.8, 4) is 0 Å². The van der Waals surface area contributed by atoms with E-state index in [0.29, 0.717) is 5.16 Å². The highest BCUT2D eigenvalue weighted by atomic mass is 32.2. The number of benzene rings is 1. The van der Waals surface area contributed by atoms with Crippen molar-refractivity contribution >= 4 is 23.4 Å². The number of aromatic amines is 2. The summed E-state index contributed by atoms with van der Waals surface area (Å²) in [6.07, 6.45) is 1.20. The van der Waals surface area contributed by atoms with Gasteiger partial charge in [-0.3, -0.25) is 14.6 Å². The first-order chi connectivity index (χ1) is 9.13. The van der Waals surface area contributed by atoms with E-state index in [-0.39, 0.29) is 17.2 Å². The number of anilines is 1. The number of thioether (sulfide) groups is 1. The Bertz CT molecular complexity index is 624. The molecule has 1 aromatic carbocycles. The molecule has 98 valence electrons. The highest BCUT2D eigenvalue weighted by Crippen LogP contribution is 2.12. The minimum Gasteiger partial charge on any atom is -0.325 e. The molecule has 0 aliphatic carbocycles. The zero-order valence-corrected chi connectivity index (χ0v) is 11.1. The van der Waals surface area contributed by atoms with Gasteiger partial charge in [0.1, 0.15) is 0 Å². The predicted molar refractivity (Wildman–Crippen MR) is 71.9 cm³/mol. The first-order valence-electron chi connectivity index (χ1n) is 5.60. The van der Waals surface area contributed by atoms with Crippen LogP contribution in [-0.4, -0.2) is 21.7 Å². The number of hydrogen-bond acceptors (Lipinski definition) is 4. The van der Waals surface area contributed by atoms with Gasteiger partial charge in [-0.2, -0.15) is 0 Å². The van der Waals surface area contributed by atoms with Crippen LogP contribution in [0, 0.1) is 6.92 Å². The van der Waals surface area contributed by atoms with Gasteiger partial charge in [0.15, 0.2) is 0 Å². The van der Waals surface area contributed by atoms with Crippen molar-refractivity contribution in [3.63, 3.8) is 0 Å². The molecule has 0 radical (unpaired) electrons. The van der Waals surface area contributed by atoms with Crippen molar-refractivity contribution in [2.75, 3.05) is 11.1 Å². The summed E-state index contributed by atoms with van der Waals surface area (Å²) < 4.78 is 0. The van der Waals surface area contributed by atoms with Crippen molar-refractivity contribution < 1.29 is 9.89 Å². The van der Waals surface area contributed by atoms with Crippen molar-refractivity contribution in [1.29, 1.82) is 0 Å². The molecule has 0 unspecified atom stereocenters. The van der Waals surface area contributed by atoms with Crippen LogP contribution in [0.2, 0.25) is 0 Å². The van der Waals surface area contributed by atoms with Gasteiger partial charge in [-0.05, 0) is 19.1 Å². The quantitative estimate of drug-likeness (QED) is 0.802. The largest absolute Gasteiger partial charge is 0.325 e. The van der Waals surface area contributed by atoms with E-state index in [1.165, 1.54) is 6.20 Å². The lowest BCUT2D eigenvalue weighted by molar-refractivity contribution is -0.463. The summed E-state index contributed by atoms with van der Waals surface area (Å²) in [6, 6.07) is 7.53. The molecule has 0 aliphatic rings. The van der Waals surface area contributed by atoms with Crippen LogP contribution >= 0.6 is 11.8 Å². The molecule has 0 fully saturated rings. The average molecular weight is 277 g/mol. The lowest BCUT2D eigenvalue weighted by Gasteiger charge is -2.04. The van der Waals surface area contributed by atoms with E-state index in [4.69, 9.17) is 0 Å². The minimum atomic E-state index is -0.281. The van der Waals surface area contributed by atoms with Gasteiger partial charge in [-0.15, -0.1) is 0 Å². The molecule has 2 aromatic rings. The Morgan fingerprint density at radius 3 is 2.84 bits per heavy atom. The molecule has 0 bridgehead atoms. The van der Waals surface area contributed by atoms with E-state index in [1.54, 1.807) is 0 Å². The molecule has 0 saturated heterocycles. The summed E-state index contributed by atoms with van der Waals surface area (Å²) in [5, 5.41) is 9.44. The molecule has 0 spiro atoms. The maximum absolute atomic E-state index is 11.7. The number of aryl methyl sites for hydroxylation is 1. The van der Waals surface area contributed by atoms with E-state index in [2.05, 4.69) is 20.5 Å². The molecule has 19 heavy (non-hydrogen) atoms. The standard InChI is InChI=1S/C12H12N4O2S/c1-8-2-4-9(5-3-8)14-11(18)7-19-12-15-10(17)6-13-16-12/h2-6H,7H2,1H3,(H,14,18)(H,15,16,17)/p+1. The van der Waals surface area contributed by atoms with Crippen LogP contribution in [0.25, 0.3) is 0 Å². The van der Waals surface area contributed by atoms with Crippen molar-refractivity contribution in [1.82, 2.24) is 10.1 Å². The Morgan fingerprint density at radius 2 is 2.16 bits per heavy atom. The summed E-state index contributed by atoms with van der Waals surface area (Å²) in [5.74, 6) is 0.0228. The van der Waals surface area contributed by atoms with Gasteiger partial charge < -0.3 is 5.32 Å². The number of nitrogens with one attached hydrogen (secondary N) is 3. The second-order valence-corrected chi connectivity index (χ2v) is 4.85. The van der Waals surface area contributed by atoms with Crippen LogP contribution in [0.4, 0.5) is 5.69 Å². The SMILES string of the molecule is Cc1ccc(NC(=O)CSc2n[nH+]cc(=O)[nH]2)cc1. The maximum atomic E-state index is 11.7. The topological polar surface area (TPSA) is 89.0 Å². The van der Waals surface area contributed by atoms with E-state index in [0.717, 1.165) is 23.0 Å². The number of carbonyl (C=O) groups is 1. The Labute approximate surface area is 113 Å². The zero-order valence-electron chi connectivity index (χ0n) is 10.3. The van der Waals surface area contributed by atoms with Gasteiger partial charge in [-0.1, -0.05) is 34.6 Å². The molecular weight excluding hydrogens is 264 g/mol. The van der Waals surface area contributed by atoms with Crippen LogP contribution < -0.4 is 16.0 Å². The smallest absolute Gasteiger partial charge is 0.316 e. The van der Waals surface area contributed by atoms with E-state index < -0.39 is 0 Å². The molecule has 6 nitrogen and oxygen atoms in total. The summed E-state index contributed by atoms with van der Waals surface area (Å²) in [5.41, 5.74) is 1.60. The number of hydrogen-bond donors (Lipinski definition) is 2. The van der Waals surface area contributed by atoms with Crippen LogP contribution in [-0.2, 0) is 4.79 Å². The van der Waals surface area contributed by atoms with Crippen molar-refractivity contribution in [2.24, 2.45) is 0 Å². The van der Waals surface area contributed by atoms with Crippen LogP contribution in [0.15, 0.2) is 40.4 Å². The molecule has 1 aromatic heterocycles. The monoisotopic (exact) mass is 277 g/mol. The lowest BCUT2D eigenvalue weighted by atomic mass is 10.2. The lowest BCUT2D eigenvalue weighted by Crippen LogP contribution is -2.21.